The Kier molecular flexibility index (Phi) is 11.7. The second-order valence-electron chi connectivity index (χ2n) is 7.22. The monoisotopic (exact) mass is 488 g/mol. The maximum Gasteiger partial charge on any atom is 0.193 e. The number of halogens is 1. The van der Waals surface area contributed by atoms with Crippen molar-refractivity contribution in [3.05, 3.63) is 29.8 Å². The summed E-state index contributed by atoms with van der Waals surface area (Å²) in [6, 6.07) is 8.79. The normalized spacial score (nSPS) is 15.4. The molecule has 1 saturated heterocycles. The summed E-state index contributed by atoms with van der Waals surface area (Å²) in [6.45, 7) is 9.34. The molecule has 0 spiro atoms. The minimum atomic E-state index is 0. The van der Waals surface area contributed by atoms with Crippen molar-refractivity contribution in [3.8, 4) is 0 Å². The van der Waals surface area contributed by atoms with Crippen molar-refractivity contribution in [2.45, 2.75) is 46.1 Å². The van der Waals surface area contributed by atoms with Crippen LogP contribution in [0.2, 0.25) is 0 Å². The molecule has 0 unspecified atom stereocenters. The van der Waals surface area contributed by atoms with Crippen molar-refractivity contribution in [2.24, 2.45) is 10.9 Å². The lowest BCUT2D eigenvalue weighted by molar-refractivity contribution is 0.203. The number of guanidine groups is 1. The molecule has 0 aromatic heterocycles. The number of aliphatic hydroxyl groups is 1. The Morgan fingerprint density at radius 1 is 1.22 bits per heavy atom. The molecule has 0 aliphatic carbocycles. The molecule has 0 amide bonds. The molecule has 1 fully saturated rings. The molecule has 1 aliphatic rings. The van der Waals surface area contributed by atoms with E-state index in [1.165, 1.54) is 24.1 Å². The molecule has 27 heavy (non-hydrogen) atoms. The smallest absolute Gasteiger partial charge is 0.193 e. The van der Waals surface area contributed by atoms with E-state index in [2.05, 4.69) is 60.3 Å². The minimum absolute atomic E-state index is 0. The zero-order valence-electron chi connectivity index (χ0n) is 17.2. The van der Waals surface area contributed by atoms with Crippen molar-refractivity contribution in [1.82, 2.24) is 10.2 Å². The molecule has 1 aromatic carbocycles. The van der Waals surface area contributed by atoms with Crippen molar-refractivity contribution in [1.29, 1.82) is 0 Å². The van der Waals surface area contributed by atoms with E-state index in [9.17, 15) is 5.11 Å². The molecule has 1 aliphatic heterocycles. The highest BCUT2D eigenvalue weighted by molar-refractivity contribution is 14.0. The van der Waals surface area contributed by atoms with Gasteiger partial charge in [-0.05, 0) is 49.8 Å². The molecule has 2 rings (SSSR count). The number of aliphatic imine (C=N–C) groups is 1. The highest BCUT2D eigenvalue weighted by Gasteiger charge is 2.18. The molecule has 154 valence electrons. The summed E-state index contributed by atoms with van der Waals surface area (Å²) in [6.07, 6.45) is 4.54. The lowest BCUT2D eigenvalue weighted by Crippen LogP contribution is -2.39. The van der Waals surface area contributed by atoms with E-state index in [4.69, 9.17) is 4.99 Å². The maximum absolute atomic E-state index is 9.27. The zero-order valence-corrected chi connectivity index (χ0v) is 19.5. The Labute approximate surface area is 182 Å². The number of unbranched alkanes of at least 4 members (excludes halogenated alkanes) is 1. The number of hydrogen-bond donors (Lipinski definition) is 2. The topological polar surface area (TPSA) is 51.1 Å². The molecule has 1 heterocycles. The van der Waals surface area contributed by atoms with E-state index in [-0.39, 0.29) is 24.0 Å². The first-order valence-corrected chi connectivity index (χ1v) is 10.1. The van der Waals surface area contributed by atoms with Gasteiger partial charge in [0.1, 0.15) is 0 Å². The van der Waals surface area contributed by atoms with E-state index >= 15 is 0 Å². The zero-order chi connectivity index (χ0) is 18.8. The van der Waals surface area contributed by atoms with Gasteiger partial charge in [0, 0.05) is 45.5 Å². The van der Waals surface area contributed by atoms with Gasteiger partial charge in [-0.25, -0.2) is 4.99 Å². The van der Waals surface area contributed by atoms with Crippen LogP contribution in [-0.2, 0) is 6.54 Å². The fourth-order valence-corrected chi connectivity index (χ4v) is 3.32. The molecular formula is C21H37IN4O. The number of aliphatic hydroxyl groups excluding tert-OH is 1. The summed E-state index contributed by atoms with van der Waals surface area (Å²) in [5.41, 5.74) is 2.51. The number of rotatable bonds is 8. The molecule has 0 bridgehead atoms. The van der Waals surface area contributed by atoms with Crippen LogP contribution in [-0.4, -0.2) is 55.8 Å². The Balaban J connectivity index is 0.00000364. The van der Waals surface area contributed by atoms with Crippen LogP contribution in [0.15, 0.2) is 29.3 Å². The number of benzene rings is 1. The van der Waals surface area contributed by atoms with Crippen LogP contribution in [0, 0.1) is 5.92 Å². The van der Waals surface area contributed by atoms with E-state index in [1.54, 1.807) is 0 Å². The first kappa shape index (κ1) is 24.0. The quantitative estimate of drug-likeness (QED) is 0.333. The molecule has 1 aromatic rings. The molecule has 2 N–H and O–H groups in total. The summed E-state index contributed by atoms with van der Waals surface area (Å²) >= 11 is 0. The van der Waals surface area contributed by atoms with Gasteiger partial charge in [0.2, 0.25) is 0 Å². The van der Waals surface area contributed by atoms with Crippen molar-refractivity contribution < 1.29 is 5.11 Å². The fourth-order valence-electron chi connectivity index (χ4n) is 3.32. The fraction of sp³-hybridized carbons (Fsp3) is 0.667. The molecule has 5 nitrogen and oxygen atoms in total. The average molecular weight is 488 g/mol. The van der Waals surface area contributed by atoms with Gasteiger partial charge in [-0.3, -0.25) is 0 Å². The summed E-state index contributed by atoms with van der Waals surface area (Å²) in [5, 5.41) is 12.7. The highest BCUT2D eigenvalue weighted by Crippen LogP contribution is 2.23. The van der Waals surface area contributed by atoms with Crippen LogP contribution in [0.4, 0.5) is 5.69 Å². The standard InChI is InChI=1S/C21H36N4O.HI/c1-4-6-13-24(3)21(22-5-2)23-16-18-7-9-20(10-8-18)25-14-11-19(17-26)12-15-25;/h7-10,19,26H,4-6,11-17H2,1-3H3,(H,22,23);1H. The third kappa shape index (κ3) is 7.86. The van der Waals surface area contributed by atoms with Crippen LogP contribution < -0.4 is 10.2 Å². The van der Waals surface area contributed by atoms with Crippen molar-refractivity contribution in [2.75, 3.05) is 44.7 Å². The summed E-state index contributed by atoms with van der Waals surface area (Å²) in [5.74, 6) is 1.46. The van der Waals surface area contributed by atoms with Gasteiger partial charge >= 0.3 is 0 Å². The first-order chi connectivity index (χ1) is 12.7. The van der Waals surface area contributed by atoms with Gasteiger partial charge in [-0.1, -0.05) is 25.5 Å². The maximum atomic E-state index is 9.27. The second kappa shape index (κ2) is 13.2. The van der Waals surface area contributed by atoms with Crippen molar-refractivity contribution >= 4 is 35.6 Å². The molecular weight excluding hydrogens is 451 g/mol. The lowest BCUT2D eigenvalue weighted by Gasteiger charge is -2.32. The van der Waals surface area contributed by atoms with Gasteiger partial charge in [0.25, 0.3) is 0 Å². The van der Waals surface area contributed by atoms with Gasteiger partial charge in [0.05, 0.1) is 6.54 Å². The van der Waals surface area contributed by atoms with Gasteiger partial charge < -0.3 is 20.2 Å². The van der Waals surface area contributed by atoms with E-state index in [0.717, 1.165) is 45.0 Å². The van der Waals surface area contributed by atoms with Gasteiger partial charge in [-0.15, -0.1) is 24.0 Å². The molecule has 0 atom stereocenters. The predicted molar refractivity (Wildman–Crippen MR) is 126 cm³/mol. The molecule has 0 saturated carbocycles. The molecule has 0 radical (unpaired) electrons. The SMILES string of the molecule is CCCCN(C)C(=NCc1ccc(N2CCC(CO)CC2)cc1)NCC.I. The second-order valence-corrected chi connectivity index (χ2v) is 7.22. The van der Waals surface area contributed by atoms with Gasteiger partial charge in [0.15, 0.2) is 5.96 Å². The van der Waals surface area contributed by atoms with Crippen LogP contribution in [0.1, 0.15) is 45.1 Å². The van der Waals surface area contributed by atoms with E-state index in [0.29, 0.717) is 19.1 Å². The van der Waals surface area contributed by atoms with Crippen LogP contribution in [0.3, 0.4) is 0 Å². The Bertz CT molecular complexity index is 542. The van der Waals surface area contributed by atoms with Crippen LogP contribution in [0.5, 0.6) is 0 Å². The summed E-state index contributed by atoms with van der Waals surface area (Å²) < 4.78 is 0. The number of piperidine rings is 1. The summed E-state index contributed by atoms with van der Waals surface area (Å²) in [7, 11) is 2.11. The van der Waals surface area contributed by atoms with Gasteiger partial charge in [-0.2, -0.15) is 0 Å². The predicted octanol–water partition coefficient (Wildman–Crippen LogP) is 3.71. The molecule has 6 heteroatoms. The first-order valence-electron chi connectivity index (χ1n) is 10.1. The van der Waals surface area contributed by atoms with Crippen molar-refractivity contribution in [3.63, 3.8) is 0 Å². The van der Waals surface area contributed by atoms with Crippen LogP contribution >= 0.6 is 24.0 Å². The highest BCUT2D eigenvalue weighted by atomic mass is 127. The Morgan fingerprint density at radius 3 is 2.44 bits per heavy atom. The van der Waals surface area contributed by atoms with Crippen LogP contribution in [0.25, 0.3) is 0 Å². The van der Waals surface area contributed by atoms with E-state index in [1.807, 2.05) is 0 Å². The third-order valence-electron chi connectivity index (χ3n) is 5.13. The number of nitrogens with one attached hydrogen (secondary N) is 1. The number of anilines is 1. The Morgan fingerprint density at radius 2 is 1.89 bits per heavy atom. The van der Waals surface area contributed by atoms with E-state index < -0.39 is 0 Å². The number of hydrogen-bond acceptors (Lipinski definition) is 3. The minimum Gasteiger partial charge on any atom is -0.396 e. The lowest BCUT2D eigenvalue weighted by atomic mass is 9.97. The third-order valence-corrected chi connectivity index (χ3v) is 5.13. The summed E-state index contributed by atoms with van der Waals surface area (Å²) in [4.78, 5) is 9.42. The Hall–Kier alpha value is -1.02. The largest absolute Gasteiger partial charge is 0.396 e. The number of nitrogens with zero attached hydrogens (tertiary/aromatic N) is 3. The average Bonchev–Trinajstić information content (AvgIpc) is 2.69.